The highest BCUT2D eigenvalue weighted by Crippen LogP contribution is 2.31. The molecule has 2 heterocycles. The van der Waals surface area contributed by atoms with Crippen LogP contribution < -0.4 is 10.0 Å². The van der Waals surface area contributed by atoms with Gasteiger partial charge < -0.3 is 9.73 Å². The standard InChI is InChI=1S/C29H29N3O4S2/c33-29(31-22-14-16-23(17-15-22)38(34,35)32-27-13-5-2-8-18-30-27)28-25(24-11-6-7-12-26(24)36-28)20-37-19-21-9-3-1-4-10-21/h1,3-4,6-7,9-12,14-17H,2,5,8,13,18-20H2,(H,30,32)(H,31,33). The van der Waals surface area contributed by atoms with Crippen molar-refractivity contribution in [3.05, 3.63) is 95.7 Å². The Hall–Kier alpha value is -3.56. The lowest BCUT2D eigenvalue weighted by molar-refractivity contribution is 0.0998. The molecule has 7 nitrogen and oxygen atoms in total. The number of anilines is 1. The van der Waals surface area contributed by atoms with Gasteiger partial charge >= 0.3 is 0 Å². The topological polar surface area (TPSA) is 101 Å². The van der Waals surface area contributed by atoms with Gasteiger partial charge in [0.1, 0.15) is 11.4 Å². The van der Waals surface area contributed by atoms with Crippen LogP contribution in [0.15, 0.2) is 93.2 Å². The molecule has 1 aliphatic rings. The number of thioether (sulfide) groups is 1. The van der Waals surface area contributed by atoms with Crippen LogP contribution in [-0.4, -0.2) is 26.7 Å². The number of amidine groups is 1. The van der Waals surface area contributed by atoms with Crippen LogP contribution in [-0.2, 0) is 21.5 Å². The molecule has 0 aliphatic carbocycles. The van der Waals surface area contributed by atoms with E-state index in [9.17, 15) is 13.2 Å². The van der Waals surface area contributed by atoms with Crippen LogP contribution in [0, 0.1) is 0 Å². The fraction of sp³-hybridized carbons (Fsp3) is 0.241. The summed E-state index contributed by atoms with van der Waals surface area (Å²) in [6.07, 6.45) is 3.55. The normalized spacial score (nSPS) is 14.1. The number of hydrogen-bond acceptors (Lipinski definition) is 6. The Morgan fingerprint density at radius 2 is 1.66 bits per heavy atom. The first-order valence-electron chi connectivity index (χ1n) is 12.6. The fourth-order valence-electron chi connectivity index (χ4n) is 4.35. The van der Waals surface area contributed by atoms with E-state index in [0.717, 1.165) is 36.0 Å². The van der Waals surface area contributed by atoms with Gasteiger partial charge in [-0.25, -0.2) is 8.42 Å². The minimum absolute atomic E-state index is 0.115. The van der Waals surface area contributed by atoms with Crippen molar-refractivity contribution in [2.75, 3.05) is 11.9 Å². The maximum Gasteiger partial charge on any atom is 0.291 e. The molecular formula is C29H29N3O4S2. The van der Waals surface area contributed by atoms with Crippen molar-refractivity contribution >= 4 is 50.2 Å². The molecule has 1 aromatic heterocycles. The number of benzene rings is 3. The molecule has 38 heavy (non-hydrogen) atoms. The van der Waals surface area contributed by atoms with Crippen molar-refractivity contribution in [2.24, 2.45) is 4.99 Å². The van der Waals surface area contributed by atoms with E-state index in [1.54, 1.807) is 23.9 Å². The molecule has 0 unspecified atom stereocenters. The lowest BCUT2D eigenvalue weighted by Crippen LogP contribution is -2.30. The predicted octanol–water partition coefficient (Wildman–Crippen LogP) is 6.37. The van der Waals surface area contributed by atoms with E-state index in [1.165, 1.54) is 17.7 Å². The average Bonchev–Trinajstić information content (AvgIpc) is 3.10. The van der Waals surface area contributed by atoms with Gasteiger partial charge in [-0.2, -0.15) is 11.8 Å². The van der Waals surface area contributed by atoms with Gasteiger partial charge in [0, 0.05) is 41.1 Å². The molecule has 3 aromatic carbocycles. The van der Waals surface area contributed by atoms with Crippen LogP contribution in [0.5, 0.6) is 0 Å². The number of nitrogens with one attached hydrogen (secondary N) is 2. The molecule has 196 valence electrons. The molecule has 1 amide bonds. The Bertz CT molecular complexity index is 1550. The van der Waals surface area contributed by atoms with E-state index in [0.29, 0.717) is 35.8 Å². The summed E-state index contributed by atoms with van der Waals surface area (Å²) in [5, 5.41) is 3.76. The zero-order valence-electron chi connectivity index (χ0n) is 20.9. The highest BCUT2D eigenvalue weighted by atomic mass is 32.2. The van der Waals surface area contributed by atoms with Crippen molar-refractivity contribution in [1.29, 1.82) is 0 Å². The zero-order chi connectivity index (χ0) is 26.4. The number of para-hydroxylation sites is 1. The van der Waals surface area contributed by atoms with Crippen molar-refractivity contribution in [2.45, 2.75) is 42.1 Å². The first-order valence-corrected chi connectivity index (χ1v) is 15.2. The fourth-order valence-corrected chi connectivity index (χ4v) is 6.46. The number of sulfonamides is 1. The van der Waals surface area contributed by atoms with Crippen LogP contribution >= 0.6 is 11.8 Å². The van der Waals surface area contributed by atoms with Gasteiger partial charge in [-0.3, -0.25) is 14.5 Å². The van der Waals surface area contributed by atoms with Crippen LogP contribution in [0.3, 0.4) is 0 Å². The summed E-state index contributed by atoms with van der Waals surface area (Å²) in [5.41, 5.74) is 3.18. The summed E-state index contributed by atoms with van der Waals surface area (Å²) < 4.78 is 34.2. The molecule has 0 spiro atoms. The van der Waals surface area contributed by atoms with Gasteiger partial charge in [-0.1, -0.05) is 55.0 Å². The van der Waals surface area contributed by atoms with E-state index in [-0.39, 0.29) is 16.6 Å². The quantitative estimate of drug-likeness (QED) is 0.267. The molecule has 0 atom stereocenters. The second-order valence-electron chi connectivity index (χ2n) is 9.11. The Morgan fingerprint density at radius 3 is 2.47 bits per heavy atom. The Kier molecular flexibility index (Phi) is 8.14. The van der Waals surface area contributed by atoms with Crippen molar-refractivity contribution < 1.29 is 17.6 Å². The molecular weight excluding hydrogens is 518 g/mol. The van der Waals surface area contributed by atoms with E-state index >= 15 is 0 Å². The second kappa shape index (κ2) is 11.9. The maximum atomic E-state index is 13.3. The lowest BCUT2D eigenvalue weighted by Gasteiger charge is -2.11. The van der Waals surface area contributed by atoms with Crippen LogP contribution in [0.1, 0.15) is 47.4 Å². The lowest BCUT2D eigenvalue weighted by atomic mass is 10.1. The van der Waals surface area contributed by atoms with Crippen LogP contribution in [0.2, 0.25) is 0 Å². The first-order chi connectivity index (χ1) is 18.5. The summed E-state index contributed by atoms with van der Waals surface area (Å²) in [7, 11) is -3.75. The predicted molar refractivity (Wildman–Crippen MR) is 153 cm³/mol. The third kappa shape index (κ3) is 6.28. The number of furan rings is 1. The Morgan fingerprint density at radius 1 is 0.895 bits per heavy atom. The first kappa shape index (κ1) is 26.1. The second-order valence-corrected chi connectivity index (χ2v) is 11.8. The number of amides is 1. The zero-order valence-corrected chi connectivity index (χ0v) is 22.5. The number of hydrogen-bond donors (Lipinski definition) is 2. The van der Waals surface area contributed by atoms with E-state index in [2.05, 4.69) is 27.2 Å². The molecule has 0 saturated carbocycles. The van der Waals surface area contributed by atoms with Crippen molar-refractivity contribution in [1.82, 2.24) is 4.72 Å². The minimum atomic E-state index is -3.75. The van der Waals surface area contributed by atoms with Gasteiger partial charge in [-0.15, -0.1) is 0 Å². The Balaban J connectivity index is 1.29. The summed E-state index contributed by atoms with van der Waals surface area (Å²) in [4.78, 5) is 17.7. The SMILES string of the molecule is O=C(Nc1ccc(S(=O)(=O)NC2=NCCCCC2)cc1)c1oc2ccccc2c1CSCc1ccccc1. The summed E-state index contributed by atoms with van der Waals surface area (Å²) in [6.45, 7) is 0.636. The van der Waals surface area contributed by atoms with Crippen molar-refractivity contribution in [3.8, 4) is 0 Å². The highest BCUT2D eigenvalue weighted by Gasteiger charge is 2.22. The molecule has 4 aromatic rings. The Labute approximate surface area is 226 Å². The number of nitrogens with zero attached hydrogens (tertiary/aromatic N) is 1. The maximum absolute atomic E-state index is 13.3. The molecule has 0 radical (unpaired) electrons. The van der Waals surface area contributed by atoms with Crippen molar-refractivity contribution in [3.63, 3.8) is 0 Å². The van der Waals surface area contributed by atoms with E-state index in [4.69, 9.17) is 4.42 Å². The number of carbonyl (C=O) groups excluding carboxylic acids is 1. The summed E-state index contributed by atoms with van der Waals surface area (Å²) in [5.74, 6) is 1.82. The molecule has 0 bridgehead atoms. The highest BCUT2D eigenvalue weighted by molar-refractivity contribution is 7.97. The summed E-state index contributed by atoms with van der Waals surface area (Å²) >= 11 is 1.71. The van der Waals surface area contributed by atoms with Crippen LogP contribution in [0.25, 0.3) is 11.0 Å². The van der Waals surface area contributed by atoms with Gasteiger partial charge in [0.2, 0.25) is 0 Å². The van der Waals surface area contributed by atoms with E-state index < -0.39 is 10.0 Å². The molecule has 0 fully saturated rings. The van der Waals surface area contributed by atoms with Gasteiger partial charge in [0.25, 0.3) is 15.9 Å². The van der Waals surface area contributed by atoms with Crippen LogP contribution in [0.4, 0.5) is 5.69 Å². The monoisotopic (exact) mass is 547 g/mol. The third-order valence-corrected chi connectivity index (χ3v) is 8.74. The van der Waals surface area contributed by atoms with Gasteiger partial charge in [0.15, 0.2) is 5.76 Å². The molecule has 1 aliphatic heterocycles. The molecule has 5 rings (SSSR count). The number of rotatable bonds is 8. The summed E-state index contributed by atoms with van der Waals surface area (Å²) in [6, 6.07) is 23.9. The third-order valence-electron chi connectivity index (χ3n) is 6.31. The van der Waals surface area contributed by atoms with E-state index in [1.807, 2.05) is 42.5 Å². The number of fused-ring (bicyclic) bond motifs is 1. The largest absolute Gasteiger partial charge is 0.451 e. The number of carbonyl (C=O) groups is 1. The molecule has 9 heteroatoms. The van der Waals surface area contributed by atoms with Gasteiger partial charge in [0.05, 0.1) is 4.90 Å². The number of aliphatic imine (C=N–C) groups is 1. The smallest absolute Gasteiger partial charge is 0.291 e. The molecule has 0 saturated heterocycles. The van der Waals surface area contributed by atoms with Gasteiger partial charge in [-0.05, 0) is 48.7 Å². The average molecular weight is 548 g/mol. The molecule has 2 N–H and O–H groups in total. The minimum Gasteiger partial charge on any atom is -0.451 e.